The largest absolute Gasteiger partial charge is 0.192 e. The maximum atomic E-state index is 8.93. The van der Waals surface area contributed by atoms with Gasteiger partial charge in [0.25, 0.3) is 0 Å². The molecule has 21 heavy (non-hydrogen) atoms. The fourth-order valence-electron chi connectivity index (χ4n) is 2.51. The van der Waals surface area contributed by atoms with Gasteiger partial charge in [-0.05, 0) is 67.5 Å². The molecule has 0 bridgehead atoms. The lowest BCUT2D eigenvalue weighted by molar-refractivity contribution is 0.819. The highest BCUT2D eigenvalue weighted by atomic mass is 14.2. The number of hydrogen-bond acceptors (Lipinski definition) is 2. The monoisotopic (exact) mass is 274 g/mol. The van der Waals surface area contributed by atoms with Crippen LogP contribution in [0.25, 0.3) is 0 Å². The minimum absolute atomic E-state index is 0.751. The van der Waals surface area contributed by atoms with E-state index in [2.05, 4.69) is 24.3 Å². The molecule has 0 atom stereocenters. The van der Waals surface area contributed by atoms with Gasteiger partial charge in [0.15, 0.2) is 0 Å². The number of nitrogens with zero attached hydrogens (tertiary/aromatic N) is 2. The van der Waals surface area contributed by atoms with E-state index < -0.39 is 0 Å². The lowest BCUT2D eigenvalue weighted by Gasteiger charge is -2.06. The van der Waals surface area contributed by atoms with Crippen LogP contribution in [0.2, 0.25) is 0 Å². The molecule has 0 aliphatic heterocycles. The summed E-state index contributed by atoms with van der Waals surface area (Å²) in [5.41, 5.74) is 6.14. The first-order valence-corrected chi connectivity index (χ1v) is 7.13. The summed E-state index contributed by atoms with van der Waals surface area (Å²) in [6.07, 6.45) is 3.08. The molecule has 0 amide bonds. The highest BCUT2D eigenvalue weighted by Gasteiger charge is 2.02. The smallest absolute Gasteiger partial charge is 0.0994 e. The fraction of sp³-hybridized carbons (Fsp3) is 0.263. The van der Waals surface area contributed by atoms with Crippen LogP contribution < -0.4 is 0 Å². The van der Waals surface area contributed by atoms with Crippen LogP contribution >= 0.6 is 0 Å². The molecule has 2 nitrogen and oxygen atoms in total. The van der Waals surface area contributed by atoms with E-state index in [0.29, 0.717) is 0 Å². The van der Waals surface area contributed by atoms with E-state index in [1.165, 1.54) is 11.1 Å². The van der Waals surface area contributed by atoms with Crippen LogP contribution in [0.1, 0.15) is 39.8 Å². The predicted molar refractivity (Wildman–Crippen MR) is 83.8 cm³/mol. The first kappa shape index (κ1) is 14.8. The third kappa shape index (κ3) is 3.71. The maximum Gasteiger partial charge on any atom is 0.0994 e. The molecule has 0 saturated carbocycles. The zero-order chi connectivity index (χ0) is 15.2. The Balaban J connectivity index is 1.96. The minimum atomic E-state index is 0.751. The lowest BCUT2D eigenvalue weighted by atomic mass is 9.98. The number of nitriles is 2. The minimum Gasteiger partial charge on any atom is -0.192 e. The van der Waals surface area contributed by atoms with Crippen molar-refractivity contribution in [2.24, 2.45) is 0 Å². The number of rotatable bonds is 4. The van der Waals surface area contributed by atoms with Crippen LogP contribution in [0.4, 0.5) is 0 Å². The Hall–Kier alpha value is -2.58. The molecule has 104 valence electrons. The molecule has 2 rings (SSSR count). The molecular formula is C19H18N2. The van der Waals surface area contributed by atoms with Crippen LogP contribution in [0, 0.1) is 36.5 Å². The molecule has 0 saturated heterocycles. The van der Waals surface area contributed by atoms with Crippen molar-refractivity contribution in [2.45, 2.75) is 33.1 Å². The van der Waals surface area contributed by atoms with E-state index >= 15 is 0 Å². The number of benzene rings is 2. The molecule has 2 aromatic carbocycles. The highest BCUT2D eigenvalue weighted by molar-refractivity contribution is 5.40. The van der Waals surface area contributed by atoms with Gasteiger partial charge in [-0.25, -0.2) is 0 Å². The third-order valence-electron chi connectivity index (χ3n) is 3.75. The molecular weight excluding hydrogens is 256 g/mol. The van der Waals surface area contributed by atoms with Crippen molar-refractivity contribution in [1.29, 1.82) is 10.5 Å². The van der Waals surface area contributed by atoms with Crippen LogP contribution in [0.3, 0.4) is 0 Å². The van der Waals surface area contributed by atoms with Crippen molar-refractivity contribution in [1.82, 2.24) is 0 Å². The second-order valence-corrected chi connectivity index (χ2v) is 5.38. The van der Waals surface area contributed by atoms with Crippen molar-refractivity contribution in [3.63, 3.8) is 0 Å². The molecule has 0 aromatic heterocycles. The van der Waals surface area contributed by atoms with E-state index in [1.807, 2.05) is 38.1 Å². The Bertz CT molecular complexity index is 667. The van der Waals surface area contributed by atoms with Crippen molar-refractivity contribution < 1.29 is 0 Å². The summed E-state index contributed by atoms with van der Waals surface area (Å²) in [7, 11) is 0. The Kier molecular flexibility index (Phi) is 4.75. The molecule has 0 unspecified atom stereocenters. The number of hydrogen-bond donors (Lipinski definition) is 0. The SMILES string of the molecule is Cc1cc(CCCc2ccc(C#N)c(C)c2)ccc1C#N. The topological polar surface area (TPSA) is 47.6 Å². The van der Waals surface area contributed by atoms with Crippen molar-refractivity contribution in [3.05, 3.63) is 69.8 Å². The first-order chi connectivity index (χ1) is 10.1. The van der Waals surface area contributed by atoms with Crippen LogP contribution in [0.15, 0.2) is 36.4 Å². The Morgan fingerprint density at radius 2 is 1.19 bits per heavy atom. The molecule has 0 N–H and O–H groups in total. The van der Waals surface area contributed by atoms with Crippen LogP contribution in [-0.4, -0.2) is 0 Å². The summed E-state index contributed by atoms with van der Waals surface area (Å²) in [6, 6.07) is 16.5. The molecule has 0 fully saturated rings. The summed E-state index contributed by atoms with van der Waals surface area (Å²) in [6.45, 7) is 3.96. The summed E-state index contributed by atoms with van der Waals surface area (Å²) in [5, 5.41) is 17.9. The van der Waals surface area contributed by atoms with Gasteiger partial charge in [-0.2, -0.15) is 10.5 Å². The van der Waals surface area contributed by atoms with Crippen molar-refractivity contribution >= 4 is 0 Å². The summed E-state index contributed by atoms with van der Waals surface area (Å²) >= 11 is 0. The molecule has 2 aromatic rings. The average molecular weight is 274 g/mol. The second-order valence-electron chi connectivity index (χ2n) is 5.38. The summed E-state index contributed by atoms with van der Waals surface area (Å²) < 4.78 is 0. The van der Waals surface area contributed by atoms with Crippen LogP contribution in [-0.2, 0) is 12.8 Å². The van der Waals surface area contributed by atoms with E-state index in [-0.39, 0.29) is 0 Å². The quantitative estimate of drug-likeness (QED) is 0.838. The van der Waals surface area contributed by atoms with Gasteiger partial charge in [0.2, 0.25) is 0 Å². The van der Waals surface area contributed by atoms with Crippen LogP contribution in [0.5, 0.6) is 0 Å². The Labute approximate surface area is 126 Å². The van der Waals surface area contributed by atoms with Gasteiger partial charge in [-0.3, -0.25) is 0 Å². The van der Waals surface area contributed by atoms with Gasteiger partial charge in [0, 0.05) is 0 Å². The Morgan fingerprint density at radius 3 is 1.52 bits per heavy atom. The van der Waals surface area contributed by atoms with Crippen molar-refractivity contribution in [3.8, 4) is 12.1 Å². The standard InChI is InChI=1S/C19H18N2/c1-14-10-16(6-8-18(14)12-20)4-3-5-17-7-9-19(13-21)15(2)11-17/h6-11H,3-5H2,1-2H3. The predicted octanol–water partition coefficient (Wildman–Crippen LogP) is 4.22. The van der Waals surface area contributed by atoms with Gasteiger partial charge < -0.3 is 0 Å². The highest BCUT2D eigenvalue weighted by Crippen LogP contribution is 2.15. The van der Waals surface area contributed by atoms with E-state index in [9.17, 15) is 0 Å². The van der Waals surface area contributed by atoms with E-state index in [0.717, 1.165) is 41.5 Å². The molecule has 0 aliphatic rings. The molecule has 0 heterocycles. The number of aryl methyl sites for hydroxylation is 4. The van der Waals surface area contributed by atoms with Gasteiger partial charge in [-0.1, -0.05) is 24.3 Å². The molecule has 2 heteroatoms. The zero-order valence-electron chi connectivity index (χ0n) is 12.5. The van der Waals surface area contributed by atoms with Gasteiger partial charge in [0.05, 0.1) is 23.3 Å². The first-order valence-electron chi connectivity index (χ1n) is 7.13. The normalized spacial score (nSPS) is 9.90. The molecule has 0 spiro atoms. The Morgan fingerprint density at radius 1 is 0.762 bits per heavy atom. The zero-order valence-corrected chi connectivity index (χ0v) is 12.5. The van der Waals surface area contributed by atoms with Gasteiger partial charge >= 0.3 is 0 Å². The van der Waals surface area contributed by atoms with E-state index in [4.69, 9.17) is 10.5 Å². The second kappa shape index (κ2) is 6.73. The maximum absolute atomic E-state index is 8.93. The third-order valence-corrected chi connectivity index (χ3v) is 3.75. The summed E-state index contributed by atoms with van der Waals surface area (Å²) in [5.74, 6) is 0. The van der Waals surface area contributed by atoms with E-state index in [1.54, 1.807) is 0 Å². The fourth-order valence-corrected chi connectivity index (χ4v) is 2.51. The summed E-state index contributed by atoms with van der Waals surface area (Å²) in [4.78, 5) is 0. The lowest BCUT2D eigenvalue weighted by Crippen LogP contribution is -1.93. The van der Waals surface area contributed by atoms with Crippen molar-refractivity contribution in [2.75, 3.05) is 0 Å². The molecule has 0 aliphatic carbocycles. The van der Waals surface area contributed by atoms with Gasteiger partial charge in [-0.15, -0.1) is 0 Å². The molecule has 0 radical (unpaired) electrons. The van der Waals surface area contributed by atoms with Gasteiger partial charge in [0.1, 0.15) is 0 Å². The average Bonchev–Trinajstić information content (AvgIpc) is 2.48.